The standard InChI is InChI=1S/C17H13ClN2O5S2/c18-10-3-1-9(2-4-10)7-12-16(25)20(17(26)27-12)11-8-13(21)19(15(11)24)6-5-14(22)23/h1-4,7,11H,5-6,8H2,(H,22,23)/p-1/b12-7-/t11-/m1/s1. The first-order valence-electron chi connectivity index (χ1n) is 7.84. The van der Waals surface area contributed by atoms with Gasteiger partial charge in [-0.05, 0) is 23.8 Å². The van der Waals surface area contributed by atoms with Gasteiger partial charge in [-0.1, -0.05) is 47.7 Å². The highest BCUT2D eigenvalue weighted by atomic mass is 35.5. The van der Waals surface area contributed by atoms with Gasteiger partial charge < -0.3 is 9.90 Å². The van der Waals surface area contributed by atoms with E-state index in [2.05, 4.69) is 0 Å². The molecule has 3 amide bonds. The number of halogens is 1. The summed E-state index contributed by atoms with van der Waals surface area (Å²) in [6.45, 7) is -0.286. The fourth-order valence-corrected chi connectivity index (χ4v) is 4.25. The van der Waals surface area contributed by atoms with Crippen LogP contribution in [0.5, 0.6) is 0 Å². The van der Waals surface area contributed by atoms with Crippen LogP contribution in [0.4, 0.5) is 0 Å². The van der Waals surface area contributed by atoms with Crippen LogP contribution in [-0.2, 0) is 19.2 Å². The van der Waals surface area contributed by atoms with Crippen LogP contribution in [0.1, 0.15) is 18.4 Å². The first-order chi connectivity index (χ1) is 12.8. The fourth-order valence-electron chi connectivity index (χ4n) is 2.76. The molecule has 27 heavy (non-hydrogen) atoms. The third-order valence-electron chi connectivity index (χ3n) is 4.06. The molecule has 0 radical (unpaired) electrons. The van der Waals surface area contributed by atoms with E-state index in [1.165, 1.54) is 0 Å². The average Bonchev–Trinajstić information content (AvgIpc) is 3.03. The van der Waals surface area contributed by atoms with Crippen LogP contribution in [0.25, 0.3) is 6.08 Å². The molecule has 3 rings (SSSR count). The Hall–Kier alpha value is -2.23. The first kappa shape index (κ1) is 19.5. The summed E-state index contributed by atoms with van der Waals surface area (Å²) < 4.78 is 0.174. The molecule has 2 aliphatic rings. The lowest BCUT2D eigenvalue weighted by atomic mass is 10.2. The highest BCUT2D eigenvalue weighted by molar-refractivity contribution is 8.26. The third kappa shape index (κ3) is 4.05. The number of nitrogens with zero attached hydrogens (tertiary/aromatic N) is 2. The zero-order valence-electron chi connectivity index (χ0n) is 13.7. The van der Waals surface area contributed by atoms with E-state index >= 15 is 0 Å². The normalized spacial score (nSPS) is 21.7. The number of likely N-dealkylation sites (tertiary alicyclic amines) is 1. The molecule has 2 saturated heterocycles. The Labute approximate surface area is 168 Å². The Morgan fingerprint density at radius 1 is 1.30 bits per heavy atom. The largest absolute Gasteiger partial charge is 0.550 e. The van der Waals surface area contributed by atoms with Crippen molar-refractivity contribution in [3.05, 3.63) is 39.8 Å². The van der Waals surface area contributed by atoms with Crippen molar-refractivity contribution in [3.8, 4) is 0 Å². The molecule has 0 aromatic heterocycles. The maximum absolute atomic E-state index is 12.7. The quantitative estimate of drug-likeness (QED) is 0.392. The number of carbonyl (C=O) groups excluding carboxylic acids is 4. The lowest BCUT2D eigenvalue weighted by molar-refractivity contribution is -0.305. The van der Waals surface area contributed by atoms with E-state index in [1.807, 2.05) is 0 Å². The van der Waals surface area contributed by atoms with Gasteiger partial charge in [-0.3, -0.25) is 24.2 Å². The molecule has 2 aliphatic heterocycles. The van der Waals surface area contributed by atoms with E-state index in [1.54, 1.807) is 30.3 Å². The van der Waals surface area contributed by atoms with Gasteiger partial charge in [0.2, 0.25) is 5.91 Å². The molecule has 0 saturated carbocycles. The van der Waals surface area contributed by atoms with Crippen molar-refractivity contribution in [1.82, 2.24) is 9.80 Å². The summed E-state index contributed by atoms with van der Waals surface area (Å²) in [7, 11) is 0. The van der Waals surface area contributed by atoms with Gasteiger partial charge in [0.25, 0.3) is 11.8 Å². The van der Waals surface area contributed by atoms with Crippen LogP contribution in [-0.4, -0.2) is 50.4 Å². The zero-order valence-corrected chi connectivity index (χ0v) is 16.1. The van der Waals surface area contributed by atoms with Gasteiger partial charge in [-0.2, -0.15) is 0 Å². The summed E-state index contributed by atoms with van der Waals surface area (Å²) in [4.78, 5) is 50.2. The minimum absolute atomic E-state index is 0.174. The van der Waals surface area contributed by atoms with Crippen molar-refractivity contribution in [2.24, 2.45) is 0 Å². The van der Waals surface area contributed by atoms with Crippen LogP contribution in [0, 0.1) is 0 Å². The van der Waals surface area contributed by atoms with E-state index in [-0.39, 0.29) is 17.3 Å². The van der Waals surface area contributed by atoms with Crippen LogP contribution in [0.2, 0.25) is 5.02 Å². The third-order valence-corrected chi connectivity index (χ3v) is 5.65. The molecule has 2 fully saturated rings. The van der Waals surface area contributed by atoms with Crippen LogP contribution >= 0.6 is 35.6 Å². The highest BCUT2D eigenvalue weighted by Crippen LogP contribution is 2.36. The first-order valence-corrected chi connectivity index (χ1v) is 9.45. The molecule has 1 aromatic rings. The zero-order chi connectivity index (χ0) is 19.7. The number of benzene rings is 1. The molecular formula is C17H12ClN2O5S2-. The molecule has 1 atom stereocenters. The number of imide groups is 1. The second kappa shape index (κ2) is 7.79. The maximum Gasteiger partial charge on any atom is 0.266 e. The number of thiocarbonyl (C=S) groups is 1. The summed E-state index contributed by atoms with van der Waals surface area (Å²) in [5.41, 5.74) is 0.740. The van der Waals surface area contributed by atoms with Crippen molar-refractivity contribution in [2.75, 3.05) is 6.54 Å². The summed E-state index contributed by atoms with van der Waals surface area (Å²) in [5, 5.41) is 11.1. The average molecular weight is 424 g/mol. The molecule has 0 spiro atoms. The van der Waals surface area contributed by atoms with Crippen molar-refractivity contribution < 1.29 is 24.3 Å². The Morgan fingerprint density at radius 3 is 2.59 bits per heavy atom. The summed E-state index contributed by atoms with van der Waals surface area (Å²) in [5.74, 6) is -3.00. The number of hydrogen-bond donors (Lipinski definition) is 0. The Kier molecular flexibility index (Phi) is 5.64. The van der Waals surface area contributed by atoms with Gasteiger partial charge in [-0.25, -0.2) is 0 Å². The molecule has 10 heteroatoms. The molecule has 2 heterocycles. The molecule has 0 bridgehead atoms. The predicted molar refractivity (Wildman–Crippen MR) is 101 cm³/mol. The highest BCUT2D eigenvalue weighted by Gasteiger charge is 2.48. The van der Waals surface area contributed by atoms with Crippen LogP contribution in [0.3, 0.4) is 0 Å². The summed E-state index contributed by atoms with van der Waals surface area (Å²) in [6, 6.07) is 5.79. The van der Waals surface area contributed by atoms with Gasteiger partial charge >= 0.3 is 0 Å². The molecule has 7 nitrogen and oxygen atoms in total. The van der Waals surface area contributed by atoms with Crippen LogP contribution in [0.15, 0.2) is 29.2 Å². The molecule has 1 aromatic carbocycles. The van der Waals surface area contributed by atoms with E-state index < -0.39 is 36.2 Å². The lowest BCUT2D eigenvalue weighted by Crippen LogP contribution is -2.44. The van der Waals surface area contributed by atoms with Crippen molar-refractivity contribution in [3.63, 3.8) is 0 Å². The Morgan fingerprint density at radius 2 is 1.96 bits per heavy atom. The number of rotatable bonds is 5. The van der Waals surface area contributed by atoms with Crippen LogP contribution < -0.4 is 5.11 Å². The maximum atomic E-state index is 12.7. The van der Waals surface area contributed by atoms with Gasteiger partial charge in [0.05, 0.1) is 11.3 Å². The number of amides is 3. The number of carbonyl (C=O) groups is 4. The number of thioether (sulfide) groups is 1. The minimum atomic E-state index is -1.37. The van der Waals surface area contributed by atoms with E-state index in [0.29, 0.717) is 9.93 Å². The monoisotopic (exact) mass is 423 g/mol. The fraction of sp³-hybridized carbons (Fsp3) is 0.235. The molecule has 0 N–H and O–H groups in total. The Balaban J connectivity index is 1.79. The Bertz CT molecular complexity index is 884. The molecule has 140 valence electrons. The second-order valence-electron chi connectivity index (χ2n) is 5.83. The van der Waals surface area contributed by atoms with Gasteiger partial charge in [0, 0.05) is 24.0 Å². The topological polar surface area (TPSA) is 97.8 Å². The SMILES string of the molecule is O=C([O-])CCN1C(=O)C[C@@H](N2C(=O)/C(=C/c3ccc(Cl)cc3)SC2=S)C1=O. The van der Waals surface area contributed by atoms with Gasteiger partial charge in [0.1, 0.15) is 10.4 Å². The summed E-state index contributed by atoms with van der Waals surface area (Å²) in [6.07, 6.45) is 0.941. The number of carboxylic acids is 1. The minimum Gasteiger partial charge on any atom is -0.550 e. The van der Waals surface area contributed by atoms with Crippen molar-refractivity contribution >= 4 is 69.7 Å². The summed E-state index contributed by atoms with van der Waals surface area (Å²) >= 11 is 12.1. The van der Waals surface area contributed by atoms with Gasteiger partial charge in [-0.15, -0.1) is 0 Å². The second-order valence-corrected chi connectivity index (χ2v) is 7.94. The lowest BCUT2D eigenvalue weighted by Gasteiger charge is -2.21. The molecule has 0 aliphatic carbocycles. The van der Waals surface area contributed by atoms with Crippen molar-refractivity contribution in [2.45, 2.75) is 18.9 Å². The van der Waals surface area contributed by atoms with Gasteiger partial charge in [0.15, 0.2) is 0 Å². The number of hydrogen-bond acceptors (Lipinski definition) is 7. The molecule has 0 unspecified atom stereocenters. The van der Waals surface area contributed by atoms with E-state index in [0.717, 1.165) is 27.1 Å². The predicted octanol–water partition coefficient (Wildman–Crippen LogP) is 0.809. The number of aliphatic carboxylic acids is 1. The van der Waals surface area contributed by atoms with E-state index in [9.17, 15) is 24.3 Å². The molecular weight excluding hydrogens is 412 g/mol. The van der Waals surface area contributed by atoms with E-state index in [4.69, 9.17) is 23.8 Å². The van der Waals surface area contributed by atoms with Crippen molar-refractivity contribution in [1.29, 1.82) is 0 Å². The number of carboxylic acid groups (broad SMARTS) is 1. The smallest absolute Gasteiger partial charge is 0.266 e.